The monoisotopic (exact) mass is 405 g/mol. The van der Waals surface area contributed by atoms with Crippen LogP contribution in [0.15, 0.2) is 47.4 Å². The summed E-state index contributed by atoms with van der Waals surface area (Å²) in [5.74, 6) is 1.02. The van der Waals surface area contributed by atoms with Crippen molar-refractivity contribution in [3.8, 4) is 11.5 Å². The molecular weight excluding hydrogens is 378 g/mol. The van der Waals surface area contributed by atoms with E-state index in [0.29, 0.717) is 24.7 Å². The second-order valence-electron chi connectivity index (χ2n) is 7.12. The van der Waals surface area contributed by atoms with E-state index in [1.807, 2.05) is 62.3 Å². The zero-order valence-corrected chi connectivity index (χ0v) is 17.5. The van der Waals surface area contributed by atoms with Crippen LogP contribution in [0.1, 0.15) is 11.6 Å². The summed E-state index contributed by atoms with van der Waals surface area (Å²) in [6.07, 6.45) is 0. The molecule has 1 heterocycles. The quantitative estimate of drug-likeness (QED) is 0.761. The maximum Gasteiger partial charge on any atom is 0.240 e. The van der Waals surface area contributed by atoms with Crippen molar-refractivity contribution < 1.29 is 17.9 Å². The van der Waals surface area contributed by atoms with E-state index in [4.69, 9.17) is 9.47 Å². The van der Waals surface area contributed by atoms with Gasteiger partial charge in [-0.3, -0.25) is 0 Å². The van der Waals surface area contributed by atoms with Gasteiger partial charge in [-0.25, -0.2) is 13.1 Å². The third kappa shape index (κ3) is 4.57. The van der Waals surface area contributed by atoms with Crippen LogP contribution in [0.2, 0.25) is 0 Å². The molecule has 8 heteroatoms. The Morgan fingerprint density at radius 1 is 0.964 bits per heavy atom. The Kier molecular flexibility index (Phi) is 6.12. The molecule has 0 saturated carbocycles. The summed E-state index contributed by atoms with van der Waals surface area (Å²) >= 11 is 0. The zero-order chi connectivity index (χ0) is 20.3. The van der Waals surface area contributed by atoms with Crippen LogP contribution in [0.5, 0.6) is 11.5 Å². The highest BCUT2D eigenvalue weighted by Crippen LogP contribution is 2.32. The summed E-state index contributed by atoms with van der Waals surface area (Å²) in [7, 11) is 4.17. The maximum atomic E-state index is 12.8. The Labute approximate surface area is 166 Å². The number of nitrogens with one attached hydrogen (secondary N) is 1. The van der Waals surface area contributed by atoms with Crippen molar-refractivity contribution >= 4 is 15.7 Å². The highest BCUT2D eigenvalue weighted by Gasteiger charge is 2.22. The standard InChI is InChI=1S/C20H27N3O4S/c1-22(2)16-7-5-15(6-8-16)18(23(3)4)14-21-28(24,25)17-9-10-19-20(13-17)27-12-11-26-19/h5-10,13,18,21H,11-12,14H2,1-4H3. The first-order valence-corrected chi connectivity index (χ1v) is 10.6. The van der Waals surface area contributed by atoms with Crippen LogP contribution in [0.4, 0.5) is 5.69 Å². The minimum Gasteiger partial charge on any atom is -0.486 e. The molecule has 1 unspecified atom stereocenters. The lowest BCUT2D eigenvalue weighted by molar-refractivity contribution is 0.171. The average molecular weight is 406 g/mol. The van der Waals surface area contributed by atoms with E-state index >= 15 is 0 Å². The fourth-order valence-electron chi connectivity index (χ4n) is 3.06. The third-order valence-electron chi connectivity index (χ3n) is 4.71. The molecule has 1 N–H and O–H groups in total. The molecule has 0 aliphatic carbocycles. The fraction of sp³-hybridized carbons (Fsp3) is 0.400. The first-order valence-electron chi connectivity index (χ1n) is 9.11. The van der Waals surface area contributed by atoms with E-state index in [9.17, 15) is 8.42 Å². The van der Waals surface area contributed by atoms with E-state index in [0.717, 1.165) is 11.3 Å². The van der Waals surface area contributed by atoms with Crippen LogP contribution in [-0.2, 0) is 10.0 Å². The van der Waals surface area contributed by atoms with Crippen molar-refractivity contribution in [3.05, 3.63) is 48.0 Å². The Morgan fingerprint density at radius 2 is 1.61 bits per heavy atom. The van der Waals surface area contributed by atoms with Crippen LogP contribution in [-0.4, -0.2) is 61.3 Å². The zero-order valence-electron chi connectivity index (χ0n) is 16.7. The molecule has 1 aliphatic rings. The lowest BCUT2D eigenvalue weighted by Gasteiger charge is -2.26. The predicted octanol–water partition coefficient (Wildman–Crippen LogP) is 2.10. The highest BCUT2D eigenvalue weighted by molar-refractivity contribution is 7.89. The second-order valence-corrected chi connectivity index (χ2v) is 8.89. The number of hydrogen-bond acceptors (Lipinski definition) is 6. The maximum absolute atomic E-state index is 12.8. The molecule has 0 fully saturated rings. The van der Waals surface area contributed by atoms with Gasteiger partial charge >= 0.3 is 0 Å². The smallest absolute Gasteiger partial charge is 0.240 e. The van der Waals surface area contributed by atoms with Crippen molar-refractivity contribution in [2.24, 2.45) is 0 Å². The van der Waals surface area contributed by atoms with Crippen LogP contribution in [0, 0.1) is 0 Å². The minimum absolute atomic E-state index is 0.0943. The molecule has 0 amide bonds. The summed E-state index contributed by atoms with van der Waals surface area (Å²) < 4.78 is 39.2. The van der Waals surface area contributed by atoms with Crippen LogP contribution in [0.3, 0.4) is 0 Å². The first kappa shape index (κ1) is 20.4. The Morgan fingerprint density at radius 3 is 2.21 bits per heavy atom. The van der Waals surface area contributed by atoms with E-state index < -0.39 is 10.0 Å². The number of benzene rings is 2. The number of sulfonamides is 1. The molecular formula is C20H27N3O4S. The van der Waals surface area contributed by atoms with E-state index in [1.165, 1.54) is 12.1 Å². The van der Waals surface area contributed by atoms with Gasteiger partial charge in [0.2, 0.25) is 10.0 Å². The fourth-order valence-corrected chi connectivity index (χ4v) is 4.11. The van der Waals surface area contributed by atoms with Gasteiger partial charge in [-0.15, -0.1) is 0 Å². The predicted molar refractivity (Wildman–Crippen MR) is 110 cm³/mol. The van der Waals surface area contributed by atoms with Gasteiger partial charge < -0.3 is 19.3 Å². The van der Waals surface area contributed by atoms with E-state index in [-0.39, 0.29) is 17.5 Å². The molecule has 2 aromatic rings. The number of likely N-dealkylation sites (N-methyl/N-ethyl adjacent to an activating group) is 1. The van der Waals surface area contributed by atoms with Gasteiger partial charge in [-0.05, 0) is 43.9 Å². The van der Waals surface area contributed by atoms with Gasteiger partial charge in [0.15, 0.2) is 11.5 Å². The molecule has 7 nitrogen and oxygen atoms in total. The number of ether oxygens (including phenoxy) is 2. The molecule has 0 saturated heterocycles. The summed E-state index contributed by atoms with van der Waals surface area (Å²) in [5, 5.41) is 0. The molecule has 152 valence electrons. The molecule has 1 aliphatic heterocycles. The third-order valence-corrected chi connectivity index (χ3v) is 6.13. The number of anilines is 1. The molecule has 28 heavy (non-hydrogen) atoms. The molecule has 0 radical (unpaired) electrons. The Bertz CT molecular complexity index is 912. The summed E-state index contributed by atoms with van der Waals surface area (Å²) in [5.41, 5.74) is 2.14. The first-order chi connectivity index (χ1) is 13.3. The van der Waals surface area contributed by atoms with Gasteiger partial charge in [-0.2, -0.15) is 0 Å². The highest BCUT2D eigenvalue weighted by atomic mass is 32.2. The van der Waals surface area contributed by atoms with Gasteiger partial charge in [0.05, 0.1) is 4.90 Å². The summed E-state index contributed by atoms with van der Waals surface area (Å²) in [4.78, 5) is 4.19. The second kappa shape index (κ2) is 8.38. The normalized spacial score (nSPS) is 14.8. The number of fused-ring (bicyclic) bond motifs is 1. The number of rotatable bonds is 7. The molecule has 0 aromatic heterocycles. The Balaban J connectivity index is 1.75. The topological polar surface area (TPSA) is 71.1 Å². The molecule has 0 spiro atoms. The van der Waals surface area contributed by atoms with Gasteiger partial charge in [0, 0.05) is 38.4 Å². The van der Waals surface area contributed by atoms with Gasteiger partial charge in [0.1, 0.15) is 13.2 Å². The lowest BCUT2D eigenvalue weighted by Crippen LogP contribution is -2.34. The van der Waals surface area contributed by atoms with Crippen molar-refractivity contribution in [1.29, 1.82) is 0 Å². The van der Waals surface area contributed by atoms with Crippen molar-refractivity contribution in [2.75, 3.05) is 52.8 Å². The van der Waals surface area contributed by atoms with Crippen LogP contribution >= 0.6 is 0 Å². The lowest BCUT2D eigenvalue weighted by atomic mass is 10.1. The molecule has 1 atom stereocenters. The number of nitrogens with zero attached hydrogens (tertiary/aromatic N) is 2. The molecule has 3 rings (SSSR count). The van der Waals surface area contributed by atoms with Crippen molar-refractivity contribution in [2.45, 2.75) is 10.9 Å². The van der Waals surface area contributed by atoms with E-state index in [1.54, 1.807) is 6.07 Å². The largest absolute Gasteiger partial charge is 0.486 e. The summed E-state index contributed by atoms with van der Waals surface area (Å²) in [6.45, 7) is 1.13. The number of hydrogen-bond donors (Lipinski definition) is 1. The van der Waals surface area contributed by atoms with Crippen LogP contribution in [0.25, 0.3) is 0 Å². The minimum atomic E-state index is -3.67. The van der Waals surface area contributed by atoms with Crippen LogP contribution < -0.4 is 19.1 Å². The van der Waals surface area contributed by atoms with Gasteiger partial charge in [-0.1, -0.05) is 12.1 Å². The SMILES string of the molecule is CN(C)c1ccc(C(CNS(=O)(=O)c2ccc3c(c2)OCCO3)N(C)C)cc1. The van der Waals surface area contributed by atoms with Crippen molar-refractivity contribution in [3.63, 3.8) is 0 Å². The average Bonchev–Trinajstić information content (AvgIpc) is 2.67. The Hall–Kier alpha value is -2.29. The van der Waals surface area contributed by atoms with E-state index in [2.05, 4.69) is 4.72 Å². The van der Waals surface area contributed by atoms with Gasteiger partial charge in [0.25, 0.3) is 0 Å². The molecule has 2 aromatic carbocycles. The van der Waals surface area contributed by atoms with Crippen molar-refractivity contribution in [1.82, 2.24) is 9.62 Å². The molecule has 0 bridgehead atoms. The summed E-state index contributed by atoms with van der Waals surface area (Å²) in [6, 6.07) is 12.7.